The average Bonchev–Trinajstić information content (AvgIpc) is 3.01. The Morgan fingerprint density at radius 3 is 2.17 bits per heavy atom. The number of ether oxygens (including phenoxy) is 2. The second-order valence-corrected chi connectivity index (χ2v) is 9.82. The number of rotatable bonds is 12. The highest BCUT2D eigenvalue weighted by atomic mass is 32.2. The molecule has 208 valence electrons. The van der Waals surface area contributed by atoms with Gasteiger partial charge in [0, 0.05) is 27.3 Å². The number of nitrogens with one attached hydrogen (secondary N) is 2. The van der Waals surface area contributed by atoms with E-state index >= 15 is 0 Å². The van der Waals surface area contributed by atoms with E-state index in [2.05, 4.69) is 10.6 Å². The topological polar surface area (TPSA) is 93.7 Å². The summed E-state index contributed by atoms with van der Waals surface area (Å²) in [7, 11) is 1.54. The minimum absolute atomic E-state index is 0.00991. The first kappa shape index (κ1) is 29.2. The summed E-state index contributed by atoms with van der Waals surface area (Å²) in [5, 5.41) is 5.57. The molecule has 0 aromatic heterocycles. The van der Waals surface area contributed by atoms with Crippen molar-refractivity contribution < 1.29 is 23.9 Å². The lowest BCUT2D eigenvalue weighted by atomic mass is 10.1. The van der Waals surface area contributed by atoms with Crippen molar-refractivity contribution in [3.8, 4) is 11.5 Å². The molecule has 4 aromatic rings. The van der Waals surface area contributed by atoms with E-state index in [9.17, 15) is 14.4 Å². The fraction of sp³-hybridized carbons (Fsp3) is 0.121. The van der Waals surface area contributed by atoms with Gasteiger partial charge >= 0.3 is 0 Å². The summed E-state index contributed by atoms with van der Waals surface area (Å²) < 4.78 is 10.8. The highest BCUT2D eigenvalue weighted by Gasteiger charge is 2.16. The number of carbonyl (C=O) groups is 3. The van der Waals surface area contributed by atoms with Gasteiger partial charge in [0.25, 0.3) is 11.8 Å². The van der Waals surface area contributed by atoms with Gasteiger partial charge in [0.15, 0.2) is 5.78 Å². The number of ketones is 1. The van der Waals surface area contributed by atoms with E-state index in [1.807, 2.05) is 37.3 Å². The van der Waals surface area contributed by atoms with Gasteiger partial charge in [-0.25, -0.2) is 0 Å². The molecule has 4 rings (SSSR count). The van der Waals surface area contributed by atoms with Crippen LogP contribution in [0.2, 0.25) is 0 Å². The van der Waals surface area contributed by atoms with Crippen molar-refractivity contribution in [2.75, 3.05) is 24.8 Å². The van der Waals surface area contributed by atoms with E-state index in [0.29, 0.717) is 34.7 Å². The van der Waals surface area contributed by atoms with Crippen molar-refractivity contribution in [1.29, 1.82) is 0 Å². The smallest absolute Gasteiger partial charge is 0.272 e. The predicted octanol–water partition coefficient (Wildman–Crippen LogP) is 6.48. The quantitative estimate of drug-likeness (QED) is 0.116. The Bertz CT molecular complexity index is 1520. The number of hydrogen-bond donors (Lipinski definition) is 2. The first-order valence-corrected chi connectivity index (χ1v) is 14.0. The summed E-state index contributed by atoms with van der Waals surface area (Å²) in [6.45, 7) is 2.48. The number of Topliss-reactive ketones (excluding diaryl/α,β-unsaturated/α-hetero) is 1. The van der Waals surface area contributed by atoms with Gasteiger partial charge in [0.05, 0.1) is 19.5 Å². The molecule has 41 heavy (non-hydrogen) atoms. The number of hydrogen-bond acceptors (Lipinski definition) is 6. The monoisotopic (exact) mass is 566 g/mol. The summed E-state index contributed by atoms with van der Waals surface area (Å²) in [6, 6.07) is 30.1. The average molecular weight is 567 g/mol. The molecule has 2 amide bonds. The second kappa shape index (κ2) is 14.5. The summed E-state index contributed by atoms with van der Waals surface area (Å²) in [5.41, 5.74) is 2.28. The van der Waals surface area contributed by atoms with Crippen LogP contribution in [0.1, 0.15) is 33.2 Å². The third kappa shape index (κ3) is 8.33. The molecule has 0 bridgehead atoms. The summed E-state index contributed by atoms with van der Waals surface area (Å²) in [5.74, 6) is 0.674. The van der Waals surface area contributed by atoms with Crippen molar-refractivity contribution in [2.24, 2.45) is 0 Å². The molecule has 2 N–H and O–H groups in total. The fourth-order valence-corrected chi connectivity index (χ4v) is 4.65. The number of carbonyl (C=O) groups excluding carboxylic acids is 3. The van der Waals surface area contributed by atoms with E-state index < -0.39 is 11.8 Å². The second-order valence-electron chi connectivity index (χ2n) is 8.77. The zero-order chi connectivity index (χ0) is 29.0. The van der Waals surface area contributed by atoms with Crippen molar-refractivity contribution in [1.82, 2.24) is 5.32 Å². The van der Waals surface area contributed by atoms with Crippen LogP contribution in [-0.4, -0.2) is 37.1 Å². The van der Waals surface area contributed by atoms with Crippen molar-refractivity contribution in [3.05, 3.63) is 126 Å². The van der Waals surface area contributed by atoms with Crippen LogP contribution in [0.4, 0.5) is 5.69 Å². The molecule has 0 aliphatic heterocycles. The number of para-hydroxylation sites is 1. The van der Waals surface area contributed by atoms with Gasteiger partial charge in [-0.15, -0.1) is 11.8 Å². The number of thioether (sulfide) groups is 1. The highest BCUT2D eigenvalue weighted by molar-refractivity contribution is 8.00. The van der Waals surface area contributed by atoms with Gasteiger partial charge in [-0.05, 0) is 79.7 Å². The third-order valence-corrected chi connectivity index (χ3v) is 6.95. The Hall–Kier alpha value is -4.82. The standard InChI is InChI=1S/C33H30N2O5S/c1-3-40-27-17-13-23(14-18-27)30(36)22-41-28-19-15-26(16-20-28)34-33(38)29(21-25-11-7-8-12-31(25)39-2)35-32(37)24-9-5-4-6-10-24/h4-21H,3,22H2,1-2H3,(H,34,38)(H,35,37)/b29-21-. The van der Waals surface area contributed by atoms with Crippen LogP contribution in [0.5, 0.6) is 11.5 Å². The first-order chi connectivity index (χ1) is 20.0. The maximum Gasteiger partial charge on any atom is 0.272 e. The molecule has 0 aliphatic rings. The zero-order valence-electron chi connectivity index (χ0n) is 22.8. The van der Waals surface area contributed by atoms with E-state index in [-0.39, 0.29) is 17.2 Å². The van der Waals surface area contributed by atoms with E-state index in [0.717, 1.165) is 10.6 Å². The van der Waals surface area contributed by atoms with Gasteiger partial charge in [-0.3, -0.25) is 14.4 Å². The molecule has 0 unspecified atom stereocenters. The minimum Gasteiger partial charge on any atom is -0.496 e. The van der Waals surface area contributed by atoms with Crippen LogP contribution in [-0.2, 0) is 4.79 Å². The first-order valence-electron chi connectivity index (χ1n) is 13.0. The molecule has 0 heterocycles. The Kier molecular flexibility index (Phi) is 10.3. The third-order valence-electron chi connectivity index (χ3n) is 5.94. The molecule has 0 radical (unpaired) electrons. The van der Waals surface area contributed by atoms with Crippen LogP contribution < -0.4 is 20.1 Å². The van der Waals surface area contributed by atoms with Crippen LogP contribution in [0, 0.1) is 0 Å². The van der Waals surface area contributed by atoms with Crippen LogP contribution in [0.25, 0.3) is 6.08 Å². The highest BCUT2D eigenvalue weighted by Crippen LogP contribution is 2.24. The molecular formula is C33H30N2O5S. The van der Waals surface area contributed by atoms with Gasteiger partial charge in [0.2, 0.25) is 0 Å². The minimum atomic E-state index is -0.494. The van der Waals surface area contributed by atoms with Crippen LogP contribution in [0.15, 0.2) is 114 Å². The molecule has 8 heteroatoms. The Morgan fingerprint density at radius 1 is 0.805 bits per heavy atom. The summed E-state index contributed by atoms with van der Waals surface area (Å²) in [6.07, 6.45) is 1.58. The van der Waals surface area contributed by atoms with Crippen molar-refractivity contribution >= 4 is 41.1 Å². The number of amides is 2. The fourth-order valence-electron chi connectivity index (χ4n) is 3.85. The van der Waals surface area contributed by atoms with Gasteiger partial charge < -0.3 is 20.1 Å². The molecule has 0 saturated heterocycles. The number of anilines is 1. The van der Waals surface area contributed by atoms with E-state index in [1.54, 1.807) is 86.0 Å². The van der Waals surface area contributed by atoms with Crippen molar-refractivity contribution in [2.45, 2.75) is 11.8 Å². The molecule has 4 aromatic carbocycles. The van der Waals surface area contributed by atoms with Crippen LogP contribution >= 0.6 is 11.8 Å². The van der Waals surface area contributed by atoms with Crippen molar-refractivity contribution in [3.63, 3.8) is 0 Å². The maximum atomic E-state index is 13.3. The maximum absolute atomic E-state index is 13.3. The lowest BCUT2D eigenvalue weighted by molar-refractivity contribution is -0.113. The lowest BCUT2D eigenvalue weighted by Crippen LogP contribution is -2.30. The van der Waals surface area contributed by atoms with Gasteiger partial charge in [-0.1, -0.05) is 36.4 Å². The largest absolute Gasteiger partial charge is 0.496 e. The van der Waals surface area contributed by atoms with Crippen LogP contribution in [0.3, 0.4) is 0 Å². The van der Waals surface area contributed by atoms with E-state index in [4.69, 9.17) is 9.47 Å². The van der Waals surface area contributed by atoms with E-state index in [1.165, 1.54) is 11.8 Å². The zero-order valence-corrected chi connectivity index (χ0v) is 23.6. The molecule has 0 spiro atoms. The van der Waals surface area contributed by atoms with Gasteiger partial charge in [0.1, 0.15) is 17.2 Å². The normalized spacial score (nSPS) is 10.9. The predicted molar refractivity (Wildman–Crippen MR) is 163 cm³/mol. The Labute approximate surface area is 243 Å². The number of methoxy groups -OCH3 is 1. The molecule has 0 atom stereocenters. The molecule has 0 fully saturated rings. The lowest BCUT2D eigenvalue weighted by Gasteiger charge is -2.13. The van der Waals surface area contributed by atoms with Gasteiger partial charge in [-0.2, -0.15) is 0 Å². The SMILES string of the molecule is CCOc1ccc(C(=O)CSc2ccc(NC(=O)/C(=C/c3ccccc3OC)NC(=O)c3ccccc3)cc2)cc1. The Morgan fingerprint density at radius 2 is 1.49 bits per heavy atom. The Balaban J connectivity index is 1.43. The summed E-state index contributed by atoms with van der Waals surface area (Å²) in [4.78, 5) is 39.7. The molecule has 0 aliphatic carbocycles. The molecule has 7 nitrogen and oxygen atoms in total. The molecule has 0 saturated carbocycles. The number of benzene rings is 4. The molecular weight excluding hydrogens is 536 g/mol. The summed E-state index contributed by atoms with van der Waals surface area (Å²) >= 11 is 1.41.